The predicted molar refractivity (Wildman–Crippen MR) is 93.5 cm³/mol. The minimum Gasteiger partial charge on any atom is -0.339 e. The van der Waals surface area contributed by atoms with Crippen LogP contribution >= 0.6 is 0 Å². The van der Waals surface area contributed by atoms with Gasteiger partial charge in [-0.25, -0.2) is 0 Å². The summed E-state index contributed by atoms with van der Waals surface area (Å²) in [5, 5.41) is 14.5. The Morgan fingerprint density at radius 3 is 2.48 bits per heavy atom. The molecule has 3 rings (SSSR count). The lowest BCUT2D eigenvalue weighted by Crippen LogP contribution is -2.03. The van der Waals surface area contributed by atoms with Gasteiger partial charge in [0.15, 0.2) is 5.82 Å². The Balaban J connectivity index is 1.79. The van der Waals surface area contributed by atoms with Gasteiger partial charge in [0.05, 0.1) is 6.20 Å². The summed E-state index contributed by atoms with van der Waals surface area (Å²) in [7, 11) is 0. The fourth-order valence-electron chi connectivity index (χ4n) is 2.36. The van der Waals surface area contributed by atoms with E-state index in [1.807, 2.05) is 37.3 Å². The van der Waals surface area contributed by atoms with Crippen LogP contribution in [0.2, 0.25) is 0 Å². The molecule has 2 aromatic carbocycles. The molecule has 5 nitrogen and oxygen atoms in total. The summed E-state index contributed by atoms with van der Waals surface area (Å²) in [5.74, 6) is 1.12. The Bertz CT molecular complexity index is 829. The van der Waals surface area contributed by atoms with Crippen LogP contribution in [0.3, 0.4) is 0 Å². The predicted octanol–water partition coefficient (Wildman–Crippen LogP) is 4.28. The van der Waals surface area contributed by atoms with E-state index in [2.05, 4.69) is 51.8 Å². The maximum atomic E-state index is 4.46. The van der Waals surface area contributed by atoms with Gasteiger partial charge in [-0.05, 0) is 50.1 Å². The van der Waals surface area contributed by atoms with Crippen LogP contribution in [0.4, 0.5) is 23.1 Å². The van der Waals surface area contributed by atoms with Crippen molar-refractivity contribution in [3.8, 4) is 0 Å². The molecule has 0 aliphatic heterocycles. The highest BCUT2D eigenvalue weighted by molar-refractivity contribution is 5.62. The van der Waals surface area contributed by atoms with Crippen molar-refractivity contribution in [3.05, 3.63) is 65.4 Å². The Hall–Kier alpha value is -2.95. The van der Waals surface area contributed by atoms with Gasteiger partial charge < -0.3 is 10.6 Å². The molecule has 0 radical (unpaired) electrons. The molecule has 1 heterocycles. The third-order valence-corrected chi connectivity index (χ3v) is 3.48. The van der Waals surface area contributed by atoms with Gasteiger partial charge in [-0.15, -0.1) is 5.10 Å². The molecule has 0 fully saturated rings. The lowest BCUT2D eigenvalue weighted by Gasteiger charge is -2.10. The van der Waals surface area contributed by atoms with Gasteiger partial charge in [0.25, 0.3) is 0 Å². The molecular weight excluding hydrogens is 286 g/mol. The van der Waals surface area contributed by atoms with Crippen LogP contribution in [0, 0.1) is 20.8 Å². The van der Waals surface area contributed by atoms with Crippen molar-refractivity contribution in [3.63, 3.8) is 0 Å². The molecule has 116 valence electrons. The number of anilines is 4. The number of benzene rings is 2. The zero-order valence-corrected chi connectivity index (χ0v) is 13.5. The van der Waals surface area contributed by atoms with Crippen molar-refractivity contribution in [2.45, 2.75) is 20.8 Å². The second kappa shape index (κ2) is 6.44. The monoisotopic (exact) mass is 305 g/mol. The fourth-order valence-corrected chi connectivity index (χ4v) is 2.36. The van der Waals surface area contributed by atoms with Crippen molar-refractivity contribution in [1.82, 2.24) is 15.2 Å². The highest BCUT2D eigenvalue weighted by Crippen LogP contribution is 2.21. The van der Waals surface area contributed by atoms with Gasteiger partial charge in [-0.1, -0.05) is 29.8 Å². The molecule has 5 heteroatoms. The lowest BCUT2D eigenvalue weighted by atomic mass is 10.1. The Labute approximate surface area is 135 Å². The van der Waals surface area contributed by atoms with Crippen LogP contribution in [0.25, 0.3) is 0 Å². The van der Waals surface area contributed by atoms with E-state index in [0.717, 1.165) is 16.9 Å². The summed E-state index contributed by atoms with van der Waals surface area (Å²) < 4.78 is 0. The number of nitrogens with zero attached hydrogens (tertiary/aromatic N) is 3. The summed E-state index contributed by atoms with van der Waals surface area (Å²) in [6.45, 7) is 6.19. The number of hydrogen-bond acceptors (Lipinski definition) is 5. The average molecular weight is 305 g/mol. The summed E-state index contributed by atoms with van der Waals surface area (Å²) >= 11 is 0. The van der Waals surface area contributed by atoms with Crippen molar-refractivity contribution in [1.29, 1.82) is 0 Å². The summed E-state index contributed by atoms with van der Waals surface area (Å²) in [6.07, 6.45) is 1.61. The van der Waals surface area contributed by atoms with E-state index >= 15 is 0 Å². The molecule has 0 spiro atoms. The highest BCUT2D eigenvalue weighted by Gasteiger charge is 2.04. The first kappa shape index (κ1) is 15.0. The Morgan fingerprint density at radius 1 is 0.870 bits per heavy atom. The largest absolute Gasteiger partial charge is 0.339 e. The van der Waals surface area contributed by atoms with E-state index in [0.29, 0.717) is 11.8 Å². The molecule has 0 atom stereocenters. The molecule has 0 saturated heterocycles. The minimum absolute atomic E-state index is 0.463. The zero-order valence-electron chi connectivity index (χ0n) is 13.5. The van der Waals surface area contributed by atoms with Crippen LogP contribution < -0.4 is 10.6 Å². The van der Waals surface area contributed by atoms with Crippen LogP contribution in [-0.2, 0) is 0 Å². The first-order chi connectivity index (χ1) is 11.1. The number of hydrogen-bond donors (Lipinski definition) is 2. The van der Waals surface area contributed by atoms with Gasteiger partial charge in [-0.2, -0.15) is 10.1 Å². The van der Waals surface area contributed by atoms with Gasteiger partial charge in [0, 0.05) is 11.4 Å². The average Bonchev–Trinajstić information content (AvgIpc) is 2.51. The zero-order chi connectivity index (χ0) is 16.2. The molecule has 0 unspecified atom stereocenters. The maximum absolute atomic E-state index is 4.46. The molecule has 23 heavy (non-hydrogen) atoms. The van der Waals surface area contributed by atoms with Crippen LogP contribution in [-0.4, -0.2) is 15.2 Å². The van der Waals surface area contributed by atoms with Crippen LogP contribution in [0.1, 0.15) is 16.7 Å². The molecule has 0 aliphatic carbocycles. The number of aromatic nitrogens is 3. The van der Waals surface area contributed by atoms with Crippen molar-refractivity contribution >= 4 is 23.1 Å². The quantitative estimate of drug-likeness (QED) is 0.753. The summed E-state index contributed by atoms with van der Waals surface area (Å²) in [6, 6.07) is 14.3. The van der Waals surface area contributed by atoms with E-state index < -0.39 is 0 Å². The standard InChI is InChI=1S/C18H19N5/c1-12-5-4-6-15(10-12)20-18-22-17(11-19-23-18)21-16-8-7-13(2)9-14(16)3/h4-11H,1-3H3,(H2,20,21,22,23). The van der Waals surface area contributed by atoms with Crippen molar-refractivity contribution in [2.24, 2.45) is 0 Å². The second-order valence-electron chi connectivity index (χ2n) is 5.60. The highest BCUT2D eigenvalue weighted by atomic mass is 15.3. The maximum Gasteiger partial charge on any atom is 0.249 e. The first-order valence-corrected chi connectivity index (χ1v) is 7.48. The molecule has 1 aromatic heterocycles. The van der Waals surface area contributed by atoms with E-state index in [1.165, 1.54) is 11.1 Å². The number of rotatable bonds is 4. The van der Waals surface area contributed by atoms with E-state index in [9.17, 15) is 0 Å². The van der Waals surface area contributed by atoms with E-state index in [4.69, 9.17) is 0 Å². The third kappa shape index (κ3) is 3.83. The van der Waals surface area contributed by atoms with Crippen molar-refractivity contribution < 1.29 is 0 Å². The van der Waals surface area contributed by atoms with E-state index in [-0.39, 0.29) is 0 Å². The van der Waals surface area contributed by atoms with Crippen molar-refractivity contribution in [2.75, 3.05) is 10.6 Å². The topological polar surface area (TPSA) is 62.7 Å². The second-order valence-corrected chi connectivity index (χ2v) is 5.60. The first-order valence-electron chi connectivity index (χ1n) is 7.48. The van der Waals surface area contributed by atoms with Gasteiger partial charge in [-0.3, -0.25) is 0 Å². The van der Waals surface area contributed by atoms with Crippen LogP contribution in [0.5, 0.6) is 0 Å². The van der Waals surface area contributed by atoms with Gasteiger partial charge >= 0.3 is 0 Å². The third-order valence-electron chi connectivity index (χ3n) is 3.48. The summed E-state index contributed by atoms with van der Waals surface area (Å²) in [5.41, 5.74) is 5.52. The SMILES string of the molecule is Cc1cccc(Nc2nncc(Nc3ccc(C)cc3C)n2)c1. The molecule has 0 bridgehead atoms. The molecular formula is C18H19N5. The van der Waals surface area contributed by atoms with Gasteiger partial charge in [0.2, 0.25) is 5.95 Å². The summed E-state index contributed by atoms with van der Waals surface area (Å²) in [4.78, 5) is 4.46. The fraction of sp³-hybridized carbons (Fsp3) is 0.167. The smallest absolute Gasteiger partial charge is 0.249 e. The lowest BCUT2D eigenvalue weighted by molar-refractivity contribution is 0.982. The normalized spacial score (nSPS) is 10.4. The molecule has 0 aliphatic rings. The Kier molecular flexibility index (Phi) is 4.19. The number of nitrogens with one attached hydrogen (secondary N) is 2. The van der Waals surface area contributed by atoms with Gasteiger partial charge in [0.1, 0.15) is 0 Å². The molecule has 0 amide bonds. The molecule has 2 N–H and O–H groups in total. The van der Waals surface area contributed by atoms with Crippen LogP contribution in [0.15, 0.2) is 48.7 Å². The molecule has 0 saturated carbocycles. The number of aryl methyl sites for hydroxylation is 3. The molecule has 3 aromatic rings. The Morgan fingerprint density at radius 2 is 1.70 bits per heavy atom. The minimum atomic E-state index is 0.463. The van der Waals surface area contributed by atoms with E-state index in [1.54, 1.807) is 6.20 Å².